The molecule has 0 aliphatic carbocycles. The van der Waals surface area contributed by atoms with E-state index < -0.39 is 0 Å². The molecule has 1 rings (SSSR count). The Morgan fingerprint density at radius 1 is 1.43 bits per heavy atom. The third-order valence-electron chi connectivity index (χ3n) is 1.75. The minimum Gasteiger partial charge on any atom is -0.354 e. The molecule has 0 amide bonds. The lowest BCUT2D eigenvalue weighted by Gasteiger charge is -2.08. The molecule has 1 aromatic heterocycles. The van der Waals surface area contributed by atoms with Crippen LogP contribution in [0.5, 0.6) is 0 Å². The van der Waals surface area contributed by atoms with E-state index in [9.17, 15) is 0 Å². The molecule has 6 heteroatoms. The SMILES string of the molecule is CCNc1nc(Cl)nc(C(C)CN)n1. The first kappa shape index (κ1) is 11.1. The quantitative estimate of drug-likeness (QED) is 0.784. The van der Waals surface area contributed by atoms with Crippen LogP contribution < -0.4 is 11.1 Å². The predicted octanol–water partition coefficient (Wildman–Crippen LogP) is 1.02. The van der Waals surface area contributed by atoms with Crippen LogP contribution in [0.2, 0.25) is 5.28 Å². The smallest absolute Gasteiger partial charge is 0.227 e. The monoisotopic (exact) mass is 215 g/mol. The first-order chi connectivity index (χ1) is 6.67. The highest BCUT2D eigenvalue weighted by Gasteiger charge is 2.10. The van der Waals surface area contributed by atoms with Crippen molar-refractivity contribution in [1.82, 2.24) is 15.0 Å². The van der Waals surface area contributed by atoms with E-state index in [1.54, 1.807) is 0 Å². The minimum absolute atomic E-state index is 0.0907. The Hall–Kier alpha value is -0.940. The van der Waals surface area contributed by atoms with Crippen LogP contribution >= 0.6 is 11.6 Å². The van der Waals surface area contributed by atoms with Crippen LogP contribution in [-0.2, 0) is 0 Å². The Balaban J connectivity index is 2.94. The number of rotatable bonds is 4. The first-order valence-corrected chi connectivity index (χ1v) is 4.90. The number of hydrogen-bond acceptors (Lipinski definition) is 5. The average Bonchev–Trinajstić information content (AvgIpc) is 2.16. The Bertz CT molecular complexity index is 304. The molecule has 0 bridgehead atoms. The van der Waals surface area contributed by atoms with Gasteiger partial charge in [-0.25, -0.2) is 4.98 Å². The zero-order valence-electron chi connectivity index (χ0n) is 8.29. The van der Waals surface area contributed by atoms with Gasteiger partial charge in [0.15, 0.2) is 0 Å². The average molecular weight is 216 g/mol. The third kappa shape index (κ3) is 2.78. The Labute approximate surface area is 88.1 Å². The molecule has 0 aromatic carbocycles. The molecule has 14 heavy (non-hydrogen) atoms. The fraction of sp³-hybridized carbons (Fsp3) is 0.625. The van der Waals surface area contributed by atoms with E-state index in [2.05, 4.69) is 20.3 Å². The van der Waals surface area contributed by atoms with Crippen LogP contribution in [0.4, 0.5) is 5.95 Å². The van der Waals surface area contributed by atoms with Gasteiger partial charge in [-0.15, -0.1) is 0 Å². The molecule has 0 saturated carbocycles. The second-order valence-corrected chi connectivity index (χ2v) is 3.29. The van der Waals surface area contributed by atoms with Crippen molar-refractivity contribution in [2.45, 2.75) is 19.8 Å². The lowest BCUT2D eigenvalue weighted by molar-refractivity contribution is 0.704. The summed E-state index contributed by atoms with van der Waals surface area (Å²) < 4.78 is 0. The number of nitrogens with one attached hydrogen (secondary N) is 1. The number of nitrogens with zero attached hydrogens (tertiary/aromatic N) is 3. The number of halogens is 1. The van der Waals surface area contributed by atoms with Crippen molar-refractivity contribution in [2.75, 3.05) is 18.4 Å². The maximum absolute atomic E-state index is 5.74. The summed E-state index contributed by atoms with van der Waals surface area (Å²) in [7, 11) is 0. The lowest BCUT2D eigenvalue weighted by atomic mass is 10.2. The fourth-order valence-corrected chi connectivity index (χ4v) is 1.10. The topological polar surface area (TPSA) is 76.7 Å². The Kier molecular flexibility index (Phi) is 4.03. The van der Waals surface area contributed by atoms with Gasteiger partial charge in [0.2, 0.25) is 11.2 Å². The van der Waals surface area contributed by atoms with Crippen LogP contribution in [0, 0.1) is 0 Å². The van der Waals surface area contributed by atoms with E-state index in [0.29, 0.717) is 18.3 Å². The molecule has 0 spiro atoms. The highest BCUT2D eigenvalue weighted by atomic mass is 35.5. The summed E-state index contributed by atoms with van der Waals surface area (Å²) in [5.74, 6) is 1.22. The second-order valence-electron chi connectivity index (χ2n) is 2.95. The van der Waals surface area contributed by atoms with Gasteiger partial charge in [-0.2, -0.15) is 9.97 Å². The molecule has 0 aliphatic heterocycles. The summed E-state index contributed by atoms with van der Waals surface area (Å²) >= 11 is 5.74. The van der Waals surface area contributed by atoms with Crippen molar-refractivity contribution < 1.29 is 0 Å². The fourth-order valence-electron chi connectivity index (χ4n) is 0.928. The van der Waals surface area contributed by atoms with Crippen molar-refractivity contribution in [3.63, 3.8) is 0 Å². The zero-order chi connectivity index (χ0) is 10.6. The maximum Gasteiger partial charge on any atom is 0.227 e. The molecule has 1 aromatic rings. The molecular weight excluding hydrogens is 202 g/mol. The largest absolute Gasteiger partial charge is 0.354 e. The first-order valence-electron chi connectivity index (χ1n) is 4.52. The van der Waals surface area contributed by atoms with Crippen LogP contribution in [0.1, 0.15) is 25.6 Å². The predicted molar refractivity (Wildman–Crippen MR) is 56.5 cm³/mol. The summed E-state index contributed by atoms with van der Waals surface area (Å²) in [5, 5.41) is 3.18. The van der Waals surface area contributed by atoms with Gasteiger partial charge in [-0.3, -0.25) is 0 Å². The van der Waals surface area contributed by atoms with Crippen LogP contribution in [-0.4, -0.2) is 28.0 Å². The minimum atomic E-state index is 0.0907. The number of aromatic nitrogens is 3. The van der Waals surface area contributed by atoms with Crippen molar-refractivity contribution in [2.24, 2.45) is 5.73 Å². The van der Waals surface area contributed by atoms with Gasteiger partial charge in [0.1, 0.15) is 5.82 Å². The molecule has 0 aliphatic rings. The summed E-state index contributed by atoms with van der Waals surface area (Å²) in [6.07, 6.45) is 0. The van der Waals surface area contributed by atoms with Crippen molar-refractivity contribution in [1.29, 1.82) is 0 Å². The van der Waals surface area contributed by atoms with E-state index in [1.807, 2.05) is 13.8 Å². The van der Waals surface area contributed by atoms with E-state index in [0.717, 1.165) is 6.54 Å². The number of anilines is 1. The second kappa shape index (κ2) is 5.07. The summed E-state index contributed by atoms with van der Waals surface area (Å²) in [6.45, 7) is 5.15. The van der Waals surface area contributed by atoms with Gasteiger partial charge in [0.05, 0.1) is 0 Å². The molecule has 1 heterocycles. The summed E-state index contributed by atoms with van der Waals surface area (Å²) in [4.78, 5) is 12.1. The van der Waals surface area contributed by atoms with Gasteiger partial charge < -0.3 is 11.1 Å². The van der Waals surface area contributed by atoms with Crippen molar-refractivity contribution in [3.8, 4) is 0 Å². The summed E-state index contributed by atoms with van der Waals surface area (Å²) in [5.41, 5.74) is 5.51. The number of hydrogen-bond donors (Lipinski definition) is 2. The van der Waals surface area contributed by atoms with Gasteiger partial charge in [-0.05, 0) is 18.5 Å². The molecule has 0 radical (unpaired) electrons. The molecule has 1 atom stereocenters. The van der Waals surface area contributed by atoms with Gasteiger partial charge in [0, 0.05) is 19.0 Å². The molecule has 0 saturated heterocycles. The Morgan fingerprint density at radius 2 is 2.14 bits per heavy atom. The number of nitrogens with two attached hydrogens (primary N) is 1. The maximum atomic E-state index is 5.74. The van der Waals surface area contributed by atoms with Gasteiger partial charge in [-0.1, -0.05) is 6.92 Å². The normalized spacial score (nSPS) is 12.6. The van der Waals surface area contributed by atoms with Gasteiger partial charge in [0.25, 0.3) is 0 Å². The molecular formula is C8H14ClN5. The molecule has 0 fully saturated rings. The highest BCUT2D eigenvalue weighted by molar-refractivity contribution is 6.28. The van der Waals surface area contributed by atoms with Crippen LogP contribution in [0.25, 0.3) is 0 Å². The molecule has 78 valence electrons. The zero-order valence-corrected chi connectivity index (χ0v) is 9.04. The molecule has 1 unspecified atom stereocenters. The van der Waals surface area contributed by atoms with Crippen molar-refractivity contribution >= 4 is 17.5 Å². The standard InChI is InChI=1S/C8H14ClN5/c1-3-11-8-13-6(5(2)4-10)12-7(9)14-8/h5H,3-4,10H2,1-2H3,(H,11,12,13,14). The Morgan fingerprint density at radius 3 is 2.71 bits per heavy atom. The van der Waals surface area contributed by atoms with E-state index in [1.165, 1.54) is 0 Å². The lowest BCUT2D eigenvalue weighted by Crippen LogP contribution is -2.14. The van der Waals surface area contributed by atoms with E-state index in [-0.39, 0.29) is 11.2 Å². The third-order valence-corrected chi connectivity index (χ3v) is 1.92. The summed E-state index contributed by atoms with van der Waals surface area (Å²) in [6, 6.07) is 0. The van der Waals surface area contributed by atoms with Crippen molar-refractivity contribution in [3.05, 3.63) is 11.1 Å². The van der Waals surface area contributed by atoms with Crippen LogP contribution in [0.15, 0.2) is 0 Å². The van der Waals surface area contributed by atoms with Gasteiger partial charge >= 0.3 is 0 Å². The highest BCUT2D eigenvalue weighted by Crippen LogP contribution is 2.12. The van der Waals surface area contributed by atoms with E-state index in [4.69, 9.17) is 17.3 Å². The van der Waals surface area contributed by atoms with E-state index >= 15 is 0 Å². The van der Waals surface area contributed by atoms with Crippen LogP contribution in [0.3, 0.4) is 0 Å². The molecule has 5 nitrogen and oxygen atoms in total. The molecule has 3 N–H and O–H groups in total.